The van der Waals surface area contributed by atoms with Crippen molar-refractivity contribution in [3.63, 3.8) is 0 Å². The second-order valence-corrected chi connectivity index (χ2v) is 4.62. The molecular weight excluding hydrogens is 250 g/mol. The van der Waals surface area contributed by atoms with Crippen LogP contribution in [-0.4, -0.2) is 16.9 Å². The van der Waals surface area contributed by atoms with E-state index in [0.717, 1.165) is 28.1 Å². The first-order valence-electron chi connectivity index (χ1n) is 5.64. The van der Waals surface area contributed by atoms with Crippen LogP contribution in [0.15, 0.2) is 18.3 Å². The number of rotatable bonds is 3. The van der Waals surface area contributed by atoms with E-state index in [1.165, 1.54) is 0 Å². The molecule has 0 saturated heterocycles. The van der Waals surface area contributed by atoms with Gasteiger partial charge in [-0.25, -0.2) is 0 Å². The number of aryl methyl sites for hydroxylation is 2. The predicted molar refractivity (Wildman–Crippen MR) is 72.8 cm³/mol. The molecule has 2 rings (SSSR count). The van der Waals surface area contributed by atoms with E-state index >= 15 is 0 Å². The third kappa shape index (κ3) is 2.21. The summed E-state index contributed by atoms with van der Waals surface area (Å²) < 4.78 is 7.19. The number of benzene rings is 1. The summed E-state index contributed by atoms with van der Waals surface area (Å²) in [5.41, 5.74) is 9.39. The number of nitrogens with two attached hydrogens (primary N) is 1. The normalized spacial score (nSPS) is 10.7. The topological polar surface area (TPSA) is 53.1 Å². The van der Waals surface area contributed by atoms with Gasteiger partial charge in [0.1, 0.15) is 11.4 Å². The molecule has 0 bridgehead atoms. The quantitative estimate of drug-likeness (QED) is 0.928. The lowest BCUT2D eigenvalue weighted by Gasteiger charge is -2.11. The van der Waals surface area contributed by atoms with Gasteiger partial charge in [0.05, 0.1) is 7.11 Å². The van der Waals surface area contributed by atoms with Gasteiger partial charge < -0.3 is 10.5 Å². The molecule has 0 atom stereocenters. The first-order chi connectivity index (χ1) is 8.56. The van der Waals surface area contributed by atoms with Gasteiger partial charge >= 0.3 is 0 Å². The van der Waals surface area contributed by atoms with E-state index in [9.17, 15) is 0 Å². The molecule has 18 heavy (non-hydrogen) atoms. The van der Waals surface area contributed by atoms with Crippen molar-refractivity contribution in [1.29, 1.82) is 0 Å². The number of ether oxygens (including phenoxy) is 1. The number of nitrogens with zero attached hydrogens (tertiary/aromatic N) is 2. The minimum atomic E-state index is 0.428. The molecule has 0 aliphatic carbocycles. The fourth-order valence-corrected chi connectivity index (χ4v) is 2.36. The number of aromatic nitrogens is 2. The molecule has 1 aromatic heterocycles. The van der Waals surface area contributed by atoms with Crippen molar-refractivity contribution in [3.05, 3.63) is 34.5 Å². The molecule has 2 aromatic rings. The average Bonchev–Trinajstić information content (AvgIpc) is 2.69. The van der Waals surface area contributed by atoms with E-state index in [1.807, 2.05) is 32.3 Å². The minimum Gasteiger partial charge on any atom is -0.496 e. The fraction of sp³-hybridized carbons (Fsp3) is 0.308. The summed E-state index contributed by atoms with van der Waals surface area (Å²) in [6.07, 6.45) is 1.91. The molecule has 0 fully saturated rings. The summed E-state index contributed by atoms with van der Waals surface area (Å²) in [7, 11) is 3.51. The van der Waals surface area contributed by atoms with Crippen LogP contribution in [0.2, 0.25) is 5.02 Å². The maximum atomic E-state index is 6.11. The SMILES string of the molecule is COc1c(C)cc(Cl)cc1-c1nn(C)cc1CN. The van der Waals surface area contributed by atoms with Crippen LogP contribution < -0.4 is 10.5 Å². The highest BCUT2D eigenvalue weighted by Crippen LogP contribution is 2.36. The van der Waals surface area contributed by atoms with Crippen LogP contribution in [0, 0.1) is 6.92 Å². The molecule has 0 unspecified atom stereocenters. The van der Waals surface area contributed by atoms with Gasteiger partial charge in [0.15, 0.2) is 0 Å². The van der Waals surface area contributed by atoms with Crippen LogP contribution in [0.25, 0.3) is 11.3 Å². The van der Waals surface area contributed by atoms with Crippen LogP contribution >= 0.6 is 11.6 Å². The molecule has 0 amide bonds. The molecule has 0 radical (unpaired) electrons. The van der Waals surface area contributed by atoms with Gasteiger partial charge in [-0.05, 0) is 24.6 Å². The van der Waals surface area contributed by atoms with Gasteiger partial charge in [-0.1, -0.05) is 11.6 Å². The largest absolute Gasteiger partial charge is 0.496 e. The van der Waals surface area contributed by atoms with E-state index in [-0.39, 0.29) is 0 Å². The van der Waals surface area contributed by atoms with Crippen LogP contribution in [0.5, 0.6) is 5.75 Å². The summed E-state index contributed by atoms with van der Waals surface area (Å²) >= 11 is 6.11. The maximum absolute atomic E-state index is 6.11. The van der Waals surface area contributed by atoms with Gasteiger partial charge in [-0.2, -0.15) is 5.10 Å². The molecule has 1 aromatic carbocycles. The Kier molecular flexibility index (Phi) is 3.59. The fourth-order valence-electron chi connectivity index (χ4n) is 2.09. The monoisotopic (exact) mass is 265 g/mol. The minimum absolute atomic E-state index is 0.428. The van der Waals surface area contributed by atoms with Crippen molar-refractivity contribution >= 4 is 11.6 Å². The highest BCUT2D eigenvalue weighted by molar-refractivity contribution is 6.31. The highest BCUT2D eigenvalue weighted by Gasteiger charge is 2.16. The second-order valence-electron chi connectivity index (χ2n) is 4.18. The Morgan fingerprint density at radius 3 is 2.78 bits per heavy atom. The van der Waals surface area contributed by atoms with Crippen molar-refractivity contribution in [3.8, 4) is 17.0 Å². The Hall–Kier alpha value is -1.52. The van der Waals surface area contributed by atoms with E-state index in [1.54, 1.807) is 11.8 Å². The smallest absolute Gasteiger partial charge is 0.131 e. The number of hydrogen-bond donors (Lipinski definition) is 1. The zero-order chi connectivity index (χ0) is 13.3. The van der Waals surface area contributed by atoms with Crippen LogP contribution in [0.3, 0.4) is 0 Å². The lowest BCUT2D eigenvalue weighted by atomic mass is 10.0. The zero-order valence-corrected chi connectivity index (χ0v) is 11.5. The lowest BCUT2D eigenvalue weighted by molar-refractivity contribution is 0.413. The van der Waals surface area contributed by atoms with Crippen molar-refractivity contribution in [2.24, 2.45) is 12.8 Å². The highest BCUT2D eigenvalue weighted by atomic mass is 35.5. The lowest BCUT2D eigenvalue weighted by Crippen LogP contribution is -1.99. The summed E-state index contributed by atoms with van der Waals surface area (Å²) in [5.74, 6) is 0.785. The van der Waals surface area contributed by atoms with E-state index in [4.69, 9.17) is 22.1 Å². The molecule has 4 nitrogen and oxygen atoms in total. The summed E-state index contributed by atoms with van der Waals surface area (Å²) in [6.45, 7) is 2.39. The molecule has 5 heteroatoms. The van der Waals surface area contributed by atoms with Crippen molar-refractivity contribution in [2.45, 2.75) is 13.5 Å². The first kappa shape index (κ1) is 12.9. The van der Waals surface area contributed by atoms with Gasteiger partial charge in [0, 0.05) is 35.9 Å². The molecule has 0 saturated carbocycles. The van der Waals surface area contributed by atoms with Gasteiger partial charge in [-0.15, -0.1) is 0 Å². The van der Waals surface area contributed by atoms with E-state index in [2.05, 4.69) is 5.10 Å². The third-order valence-corrected chi connectivity index (χ3v) is 3.04. The Morgan fingerprint density at radius 2 is 2.17 bits per heavy atom. The zero-order valence-electron chi connectivity index (χ0n) is 10.7. The predicted octanol–water partition coefficient (Wildman–Crippen LogP) is 2.52. The Balaban J connectivity index is 2.69. The van der Waals surface area contributed by atoms with Gasteiger partial charge in [0.2, 0.25) is 0 Å². The number of hydrogen-bond acceptors (Lipinski definition) is 3. The molecule has 0 aliphatic heterocycles. The molecule has 96 valence electrons. The third-order valence-electron chi connectivity index (χ3n) is 2.82. The van der Waals surface area contributed by atoms with Crippen molar-refractivity contribution in [2.75, 3.05) is 7.11 Å². The Bertz CT molecular complexity index is 578. The maximum Gasteiger partial charge on any atom is 0.131 e. The standard InChI is InChI=1S/C13H16ClN3O/c1-8-4-10(14)5-11(13(8)18-3)12-9(6-15)7-17(2)16-12/h4-5,7H,6,15H2,1-3H3. The van der Waals surface area contributed by atoms with Crippen LogP contribution in [-0.2, 0) is 13.6 Å². The summed E-state index contributed by atoms with van der Waals surface area (Å²) in [6, 6.07) is 3.73. The van der Waals surface area contributed by atoms with Crippen molar-refractivity contribution in [1.82, 2.24) is 9.78 Å². The first-order valence-corrected chi connectivity index (χ1v) is 6.01. The number of halogens is 1. The van der Waals surface area contributed by atoms with E-state index < -0.39 is 0 Å². The van der Waals surface area contributed by atoms with E-state index in [0.29, 0.717) is 11.6 Å². The summed E-state index contributed by atoms with van der Waals surface area (Å²) in [4.78, 5) is 0. The number of methoxy groups -OCH3 is 1. The Morgan fingerprint density at radius 1 is 1.44 bits per heavy atom. The van der Waals surface area contributed by atoms with Gasteiger partial charge in [0.25, 0.3) is 0 Å². The van der Waals surface area contributed by atoms with Gasteiger partial charge in [-0.3, -0.25) is 4.68 Å². The molecule has 0 spiro atoms. The molecule has 0 aliphatic rings. The van der Waals surface area contributed by atoms with Crippen LogP contribution in [0.1, 0.15) is 11.1 Å². The van der Waals surface area contributed by atoms with Crippen molar-refractivity contribution < 1.29 is 4.74 Å². The average molecular weight is 266 g/mol. The Labute approximate surface area is 111 Å². The molecule has 1 heterocycles. The summed E-state index contributed by atoms with van der Waals surface area (Å²) in [5, 5.41) is 5.10. The second kappa shape index (κ2) is 5.00. The van der Waals surface area contributed by atoms with Crippen LogP contribution in [0.4, 0.5) is 0 Å². The molecule has 2 N–H and O–H groups in total. The molecular formula is C13H16ClN3O.